The first-order valence-electron chi connectivity index (χ1n) is 8.98. The lowest BCUT2D eigenvalue weighted by molar-refractivity contribution is -0.142. The fraction of sp³-hybridized carbons (Fsp3) is 0.632. The third-order valence-corrected chi connectivity index (χ3v) is 4.85. The van der Waals surface area contributed by atoms with Gasteiger partial charge >= 0.3 is 5.97 Å². The van der Waals surface area contributed by atoms with Crippen molar-refractivity contribution in [3.05, 3.63) is 24.3 Å². The molecular weight excluding hydrogens is 375 g/mol. The number of anilines is 1. The number of unbranched alkanes of at least 4 members (excludes halogenated alkanes) is 1. The predicted octanol–water partition coefficient (Wildman–Crippen LogP) is 3.94. The number of carbonyl (C=O) groups is 1. The molecule has 0 radical (unpaired) electrons. The molecule has 1 atom stereocenters. The average Bonchev–Trinajstić information content (AvgIpc) is 2.62. The van der Waals surface area contributed by atoms with E-state index in [1.54, 1.807) is 7.11 Å². The smallest absolute Gasteiger partial charge is 0.306 e. The first-order chi connectivity index (χ1) is 11.7. The van der Waals surface area contributed by atoms with E-state index in [-0.39, 0.29) is 30.7 Å². The Kier molecular flexibility index (Phi) is 12.5. The Hall–Kier alpha value is -1.17. The van der Waals surface area contributed by atoms with Crippen molar-refractivity contribution in [1.82, 2.24) is 4.90 Å². The molecular formula is C19H32Cl2N2O3. The Morgan fingerprint density at radius 2 is 1.81 bits per heavy atom. The number of methoxy groups -OCH3 is 1. The van der Waals surface area contributed by atoms with E-state index in [0.717, 1.165) is 69.8 Å². The van der Waals surface area contributed by atoms with Crippen LogP contribution in [0, 0.1) is 5.92 Å². The Morgan fingerprint density at radius 1 is 1.15 bits per heavy atom. The minimum atomic E-state index is -0.642. The van der Waals surface area contributed by atoms with Crippen molar-refractivity contribution < 1.29 is 14.6 Å². The van der Waals surface area contributed by atoms with Crippen LogP contribution in [0.25, 0.3) is 0 Å². The lowest BCUT2D eigenvalue weighted by Gasteiger charge is -2.37. The summed E-state index contributed by atoms with van der Waals surface area (Å²) in [5.74, 6) is 0.0739. The van der Waals surface area contributed by atoms with E-state index in [1.807, 2.05) is 18.2 Å². The Morgan fingerprint density at radius 3 is 2.38 bits per heavy atom. The largest absolute Gasteiger partial charge is 0.495 e. The van der Waals surface area contributed by atoms with Gasteiger partial charge in [-0.15, -0.1) is 24.8 Å². The summed E-state index contributed by atoms with van der Waals surface area (Å²) in [5, 5.41) is 9.34. The number of nitrogens with zero attached hydrogens (tertiary/aromatic N) is 2. The third-order valence-electron chi connectivity index (χ3n) is 4.85. The van der Waals surface area contributed by atoms with Crippen LogP contribution in [-0.4, -0.2) is 55.8 Å². The van der Waals surface area contributed by atoms with E-state index in [4.69, 9.17) is 4.74 Å². The van der Waals surface area contributed by atoms with Crippen LogP contribution < -0.4 is 9.64 Å². The Bertz CT molecular complexity index is 523. The molecule has 1 unspecified atom stereocenters. The second-order valence-corrected chi connectivity index (χ2v) is 6.47. The molecule has 1 aromatic carbocycles. The van der Waals surface area contributed by atoms with Crippen molar-refractivity contribution in [1.29, 1.82) is 0 Å². The van der Waals surface area contributed by atoms with E-state index in [2.05, 4.69) is 22.8 Å². The maximum absolute atomic E-state index is 11.3. The summed E-state index contributed by atoms with van der Waals surface area (Å²) in [7, 11) is 1.71. The molecule has 150 valence electrons. The van der Waals surface area contributed by atoms with Crippen molar-refractivity contribution in [2.75, 3.05) is 44.7 Å². The second kappa shape index (κ2) is 13.1. The molecule has 2 rings (SSSR count). The highest BCUT2D eigenvalue weighted by Crippen LogP contribution is 2.28. The molecule has 1 aromatic rings. The van der Waals surface area contributed by atoms with Gasteiger partial charge in [0, 0.05) is 26.2 Å². The van der Waals surface area contributed by atoms with Crippen molar-refractivity contribution in [3.63, 3.8) is 0 Å². The van der Waals surface area contributed by atoms with Gasteiger partial charge in [0.15, 0.2) is 0 Å². The van der Waals surface area contributed by atoms with Crippen molar-refractivity contribution in [3.8, 4) is 5.75 Å². The molecule has 5 nitrogen and oxygen atoms in total. The minimum absolute atomic E-state index is 0. The molecule has 1 saturated heterocycles. The summed E-state index contributed by atoms with van der Waals surface area (Å²) < 4.78 is 5.45. The summed E-state index contributed by atoms with van der Waals surface area (Å²) in [6.07, 6.45) is 3.61. The zero-order valence-corrected chi connectivity index (χ0v) is 17.4. The third kappa shape index (κ3) is 7.22. The molecule has 7 heteroatoms. The monoisotopic (exact) mass is 406 g/mol. The van der Waals surface area contributed by atoms with Gasteiger partial charge in [0.05, 0.1) is 18.7 Å². The molecule has 0 aromatic heterocycles. The highest BCUT2D eigenvalue weighted by atomic mass is 35.5. The lowest BCUT2D eigenvalue weighted by Crippen LogP contribution is -2.47. The van der Waals surface area contributed by atoms with E-state index < -0.39 is 5.97 Å². The molecule has 1 aliphatic heterocycles. The van der Waals surface area contributed by atoms with Gasteiger partial charge in [-0.05, 0) is 31.5 Å². The molecule has 0 aliphatic carbocycles. The van der Waals surface area contributed by atoms with Crippen LogP contribution in [0.3, 0.4) is 0 Å². The molecule has 1 fully saturated rings. The molecule has 26 heavy (non-hydrogen) atoms. The molecule has 1 N–H and O–H groups in total. The predicted molar refractivity (Wildman–Crippen MR) is 111 cm³/mol. The van der Waals surface area contributed by atoms with Crippen LogP contribution in [0.2, 0.25) is 0 Å². The number of rotatable bonds is 9. The summed E-state index contributed by atoms with van der Waals surface area (Å²) in [4.78, 5) is 16.1. The van der Waals surface area contributed by atoms with Gasteiger partial charge in [-0.1, -0.05) is 31.9 Å². The van der Waals surface area contributed by atoms with Gasteiger partial charge in [0.25, 0.3) is 0 Å². The zero-order chi connectivity index (χ0) is 17.4. The number of aliphatic carboxylic acids is 1. The van der Waals surface area contributed by atoms with Crippen LogP contribution in [-0.2, 0) is 4.79 Å². The van der Waals surface area contributed by atoms with Crippen molar-refractivity contribution in [2.24, 2.45) is 5.92 Å². The fourth-order valence-electron chi connectivity index (χ4n) is 3.28. The standard InChI is InChI=1S/C19H30N2O3.2ClH/c1-3-4-7-16(19(22)23)10-11-20-12-14-21(15-13-20)17-8-5-6-9-18(17)24-2;;/h5-6,8-9,16H,3-4,7,10-15H2,1-2H3,(H,22,23);2*1H. The summed E-state index contributed by atoms with van der Waals surface area (Å²) in [5.41, 5.74) is 1.14. The van der Waals surface area contributed by atoms with Crippen LogP contribution in [0.4, 0.5) is 5.69 Å². The van der Waals surface area contributed by atoms with E-state index in [1.165, 1.54) is 0 Å². The number of para-hydroxylation sites is 2. The maximum atomic E-state index is 11.3. The quantitative estimate of drug-likeness (QED) is 0.672. The van der Waals surface area contributed by atoms with Crippen molar-refractivity contribution in [2.45, 2.75) is 32.6 Å². The van der Waals surface area contributed by atoms with Gasteiger partial charge in [-0.2, -0.15) is 0 Å². The Labute approximate surface area is 169 Å². The first-order valence-corrected chi connectivity index (χ1v) is 8.98. The van der Waals surface area contributed by atoms with Gasteiger partial charge in [-0.25, -0.2) is 0 Å². The number of benzene rings is 1. The van der Waals surface area contributed by atoms with Crippen LogP contribution in [0.15, 0.2) is 24.3 Å². The zero-order valence-electron chi connectivity index (χ0n) is 15.7. The lowest BCUT2D eigenvalue weighted by atomic mass is 9.98. The summed E-state index contributed by atoms with van der Waals surface area (Å²) in [6, 6.07) is 8.11. The van der Waals surface area contributed by atoms with Gasteiger partial charge in [-0.3, -0.25) is 9.69 Å². The number of ether oxygens (including phenoxy) is 1. The number of hydrogen-bond acceptors (Lipinski definition) is 4. The maximum Gasteiger partial charge on any atom is 0.306 e. The fourth-order valence-corrected chi connectivity index (χ4v) is 3.28. The topological polar surface area (TPSA) is 53.0 Å². The Balaban J connectivity index is 0.00000312. The number of piperazine rings is 1. The van der Waals surface area contributed by atoms with Crippen molar-refractivity contribution >= 4 is 36.5 Å². The van der Waals surface area contributed by atoms with E-state index in [9.17, 15) is 9.90 Å². The van der Waals surface area contributed by atoms with E-state index >= 15 is 0 Å². The molecule has 0 spiro atoms. The highest BCUT2D eigenvalue weighted by Gasteiger charge is 2.22. The minimum Gasteiger partial charge on any atom is -0.495 e. The number of carboxylic acid groups (broad SMARTS) is 1. The molecule has 0 amide bonds. The number of halogens is 2. The SMILES string of the molecule is CCCCC(CCN1CCN(c2ccccc2OC)CC1)C(=O)O.Cl.Cl. The number of hydrogen-bond donors (Lipinski definition) is 1. The molecule has 0 bridgehead atoms. The average molecular weight is 407 g/mol. The van der Waals surface area contributed by atoms with Gasteiger partial charge in [0.2, 0.25) is 0 Å². The van der Waals surface area contributed by atoms with Crippen LogP contribution in [0.1, 0.15) is 32.6 Å². The second-order valence-electron chi connectivity index (χ2n) is 6.47. The van der Waals surface area contributed by atoms with Crippen LogP contribution in [0.5, 0.6) is 5.75 Å². The van der Waals surface area contributed by atoms with Gasteiger partial charge in [0.1, 0.15) is 5.75 Å². The highest BCUT2D eigenvalue weighted by molar-refractivity contribution is 5.85. The first kappa shape index (κ1) is 24.8. The normalized spacial score (nSPS) is 15.5. The summed E-state index contributed by atoms with van der Waals surface area (Å²) >= 11 is 0. The van der Waals surface area contributed by atoms with E-state index in [0.29, 0.717) is 0 Å². The molecule has 0 saturated carbocycles. The summed E-state index contributed by atoms with van der Waals surface area (Å²) in [6.45, 7) is 6.83. The van der Waals surface area contributed by atoms with Crippen LogP contribution >= 0.6 is 24.8 Å². The van der Waals surface area contributed by atoms with Gasteiger partial charge < -0.3 is 14.7 Å². The molecule has 1 aliphatic rings. The molecule has 1 heterocycles. The number of carboxylic acids is 1.